The lowest BCUT2D eigenvalue weighted by Crippen LogP contribution is -2.35. The number of rotatable bonds is 1. The number of hydrogen-bond acceptors (Lipinski definition) is 5. The number of fused-ring (bicyclic) bond motifs is 4. The lowest BCUT2D eigenvalue weighted by atomic mass is 10.1. The molecule has 0 spiro atoms. The zero-order valence-corrected chi connectivity index (χ0v) is 8.83. The third-order valence-electron chi connectivity index (χ3n) is 3.29. The number of piperidine rings is 1. The van der Waals surface area contributed by atoms with Crippen LogP contribution in [0.25, 0.3) is 0 Å². The highest BCUT2D eigenvalue weighted by molar-refractivity contribution is 7.03. The van der Waals surface area contributed by atoms with Crippen molar-refractivity contribution in [2.24, 2.45) is 0 Å². The maximum atomic E-state index is 4.19. The first-order valence-corrected chi connectivity index (χ1v) is 6.01. The van der Waals surface area contributed by atoms with Crippen molar-refractivity contribution in [1.29, 1.82) is 0 Å². The van der Waals surface area contributed by atoms with Crippen molar-refractivity contribution in [2.45, 2.75) is 24.9 Å². The third kappa shape index (κ3) is 1.45. The summed E-state index contributed by atoms with van der Waals surface area (Å²) in [6.07, 6.45) is 2.57. The summed E-state index contributed by atoms with van der Waals surface area (Å²) in [6.45, 7) is 3.45. The second-order valence-electron chi connectivity index (χ2n) is 4.06. The lowest BCUT2D eigenvalue weighted by molar-refractivity contribution is 0.186. The topological polar surface area (TPSA) is 41.1 Å². The Morgan fingerprint density at radius 3 is 3.00 bits per heavy atom. The van der Waals surface area contributed by atoms with E-state index in [4.69, 9.17) is 0 Å². The molecule has 1 N–H and O–H groups in total. The minimum atomic E-state index is 0.459. The van der Waals surface area contributed by atoms with E-state index in [1.165, 1.54) is 37.5 Å². The van der Waals surface area contributed by atoms with E-state index in [-0.39, 0.29) is 0 Å². The van der Waals surface area contributed by atoms with Crippen LogP contribution in [0.3, 0.4) is 0 Å². The zero-order valence-electron chi connectivity index (χ0n) is 8.02. The van der Waals surface area contributed by atoms with E-state index in [0.29, 0.717) is 6.04 Å². The van der Waals surface area contributed by atoms with Crippen molar-refractivity contribution in [3.8, 4) is 0 Å². The van der Waals surface area contributed by atoms with Gasteiger partial charge in [-0.05, 0) is 24.4 Å². The zero-order chi connectivity index (χ0) is 9.38. The minimum absolute atomic E-state index is 0.459. The molecule has 0 aliphatic carbocycles. The molecule has 3 aliphatic heterocycles. The van der Waals surface area contributed by atoms with Crippen LogP contribution in [-0.2, 0) is 0 Å². The van der Waals surface area contributed by atoms with E-state index in [0.717, 1.165) is 18.3 Å². The fourth-order valence-corrected chi connectivity index (χ4v) is 2.93. The molecule has 1 atom stereocenters. The van der Waals surface area contributed by atoms with Gasteiger partial charge in [0.2, 0.25) is 0 Å². The van der Waals surface area contributed by atoms with Gasteiger partial charge in [0.05, 0.1) is 11.7 Å². The molecule has 0 radical (unpaired) electrons. The molecule has 0 aromatic carbocycles. The molecule has 4 heterocycles. The molecule has 5 heteroatoms. The predicted octanol–water partition coefficient (Wildman–Crippen LogP) is 0.647. The van der Waals surface area contributed by atoms with Crippen LogP contribution in [0.4, 0.5) is 0 Å². The van der Waals surface area contributed by atoms with Crippen molar-refractivity contribution in [3.63, 3.8) is 0 Å². The van der Waals surface area contributed by atoms with Crippen LogP contribution in [0, 0.1) is 0 Å². The first kappa shape index (κ1) is 8.76. The summed E-state index contributed by atoms with van der Waals surface area (Å²) >= 11 is 1.45. The van der Waals surface area contributed by atoms with Gasteiger partial charge in [-0.25, -0.2) is 0 Å². The van der Waals surface area contributed by atoms with E-state index in [2.05, 4.69) is 25.2 Å². The molecule has 0 saturated carbocycles. The molecular formula is C9H14N4S. The summed E-state index contributed by atoms with van der Waals surface area (Å²) < 4.78 is 3.95. The smallest absolute Gasteiger partial charge is 0.0939 e. The molecule has 4 nitrogen and oxygen atoms in total. The maximum absolute atomic E-state index is 4.19. The second-order valence-corrected chi connectivity index (χ2v) is 4.67. The fraction of sp³-hybridized carbons (Fsp3) is 0.778. The summed E-state index contributed by atoms with van der Waals surface area (Å²) in [5.41, 5.74) is 1.14. The van der Waals surface area contributed by atoms with Gasteiger partial charge < -0.3 is 5.32 Å². The quantitative estimate of drug-likeness (QED) is 0.739. The Morgan fingerprint density at radius 2 is 2.29 bits per heavy atom. The average molecular weight is 210 g/mol. The van der Waals surface area contributed by atoms with Crippen LogP contribution in [-0.4, -0.2) is 40.2 Å². The molecule has 2 bridgehead atoms. The molecule has 3 aliphatic rings. The third-order valence-corrected chi connectivity index (χ3v) is 3.81. The Morgan fingerprint density at radius 1 is 1.43 bits per heavy atom. The van der Waals surface area contributed by atoms with Crippen LogP contribution >= 0.6 is 11.5 Å². The molecule has 1 aromatic rings. The van der Waals surface area contributed by atoms with Gasteiger partial charge in [0, 0.05) is 31.1 Å². The van der Waals surface area contributed by atoms with Crippen molar-refractivity contribution >= 4 is 11.5 Å². The Balaban J connectivity index is 1.85. The Kier molecular flexibility index (Phi) is 2.23. The summed E-state index contributed by atoms with van der Waals surface area (Å²) in [4.78, 5) is 2.53. The number of nitrogens with zero attached hydrogens (tertiary/aromatic N) is 3. The first-order chi connectivity index (χ1) is 6.93. The first-order valence-electron chi connectivity index (χ1n) is 5.18. The van der Waals surface area contributed by atoms with Gasteiger partial charge in [0.25, 0.3) is 0 Å². The van der Waals surface area contributed by atoms with Gasteiger partial charge in [-0.2, -0.15) is 0 Å². The molecule has 4 rings (SSSR count). The van der Waals surface area contributed by atoms with Crippen LogP contribution in [0.5, 0.6) is 0 Å². The maximum Gasteiger partial charge on any atom is 0.0939 e. The summed E-state index contributed by atoms with van der Waals surface area (Å²) in [6, 6.07) is 1.20. The standard InChI is InChI=1S/C9H14N4S/c1-3-13-4-2-7(1)10-5-9(13)8-6-14-12-11-8/h6-7,9-10H,1-5H2. The van der Waals surface area contributed by atoms with Crippen LogP contribution in [0.1, 0.15) is 24.6 Å². The molecule has 1 aromatic heterocycles. The van der Waals surface area contributed by atoms with Gasteiger partial charge in [0.15, 0.2) is 0 Å². The van der Waals surface area contributed by atoms with E-state index in [1.807, 2.05) is 0 Å². The van der Waals surface area contributed by atoms with Crippen molar-refractivity contribution in [2.75, 3.05) is 19.6 Å². The molecule has 3 saturated heterocycles. The SMILES string of the molecule is c1snnc1C1CNC2CCN1CC2. The Labute approximate surface area is 87.5 Å². The van der Waals surface area contributed by atoms with Crippen molar-refractivity contribution in [1.82, 2.24) is 19.8 Å². The van der Waals surface area contributed by atoms with Crippen LogP contribution in [0.15, 0.2) is 5.38 Å². The number of aromatic nitrogens is 2. The van der Waals surface area contributed by atoms with Gasteiger partial charge in [0.1, 0.15) is 0 Å². The molecular weight excluding hydrogens is 196 g/mol. The average Bonchev–Trinajstić information content (AvgIpc) is 2.60. The normalized spacial score (nSPS) is 37.0. The monoisotopic (exact) mass is 210 g/mol. The highest BCUT2D eigenvalue weighted by Gasteiger charge is 2.31. The summed E-state index contributed by atoms with van der Waals surface area (Å²) in [7, 11) is 0. The number of nitrogens with one attached hydrogen (secondary N) is 1. The minimum Gasteiger partial charge on any atom is -0.312 e. The lowest BCUT2D eigenvalue weighted by Gasteiger charge is -2.30. The summed E-state index contributed by atoms with van der Waals surface area (Å²) in [5, 5.41) is 9.87. The van der Waals surface area contributed by atoms with Gasteiger partial charge in [-0.1, -0.05) is 4.49 Å². The van der Waals surface area contributed by atoms with Crippen molar-refractivity contribution in [3.05, 3.63) is 11.1 Å². The highest BCUT2D eigenvalue weighted by atomic mass is 32.1. The molecule has 76 valence electrons. The predicted molar refractivity (Wildman–Crippen MR) is 55.2 cm³/mol. The van der Waals surface area contributed by atoms with Gasteiger partial charge >= 0.3 is 0 Å². The van der Waals surface area contributed by atoms with Gasteiger partial charge in [-0.3, -0.25) is 4.90 Å². The Hall–Kier alpha value is -0.520. The molecule has 3 fully saturated rings. The van der Waals surface area contributed by atoms with E-state index >= 15 is 0 Å². The van der Waals surface area contributed by atoms with E-state index in [1.54, 1.807) is 0 Å². The van der Waals surface area contributed by atoms with E-state index in [9.17, 15) is 0 Å². The molecule has 14 heavy (non-hydrogen) atoms. The fourth-order valence-electron chi connectivity index (χ4n) is 2.43. The molecule has 0 amide bonds. The van der Waals surface area contributed by atoms with E-state index < -0.39 is 0 Å². The van der Waals surface area contributed by atoms with Crippen LogP contribution in [0.2, 0.25) is 0 Å². The summed E-state index contributed by atoms with van der Waals surface area (Å²) in [5.74, 6) is 0. The van der Waals surface area contributed by atoms with Crippen molar-refractivity contribution < 1.29 is 0 Å². The Bertz CT molecular complexity index is 292. The largest absolute Gasteiger partial charge is 0.312 e. The second kappa shape index (κ2) is 3.56. The molecule has 1 unspecified atom stereocenters. The van der Waals surface area contributed by atoms with Gasteiger partial charge in [-0.15, -0.1) is 5.10 Å². The van der Waals surface area contributed by atoms with Crippen LogP contribution < -0.4 is 5.32 Å². The highest BCUT2D eigenvalue weighted by Crippen LogP contribution is 2.26. The number of hydrogen-bond donors (Lipinski definition) is 1.